The lowest BCUT2D eigenvalue weighted by Crippen LogP contribution is -2.21. The minimum Gasteiger partial charge on any atom is -0.454 e. The number of aryl methyl sites for hydroxylation is 1. The number of pyridine rings is 1. The van der Waals surface area contributed by atoms with Crippen LogP contribution in [0.5, 0.6) is 0 Å². The number of carbonyl (C=O) groups excluding carboxylic acids is 2. The van der Waals surface area contributed by atoms with E-state index in [1.807, 2.05) is 42.5 Å². The summed E-state index contributed by atoms with van der Waals surface area (Å²) >= 11 is 3.36. The number of ketones is 1. The maximum Gasteiger partial charge on any atom is 0.339 e. The van der Waals surface area contributed by atoms with Crippen molar-refractivity contribution in [3.8, 4) is 0 Å². The fourth-order valence-electron chi connectivity index (χ4n) is 4.55. The summed E-state index contributed by atoms with van der Waals surface area (Å²) in [5, 5.41) is 0.769. The Morgan fingerprint density at radius 3 is 2.45 bits per heavy atom. The van der Waals surface area contributed by atoms with Crippen LogP contribution in [0.25, 0.3) is 10.9 Å². The molecule has 0 spiro atoms. The van der Waals surface area contributed by atoms with Gasteiger partial charge in [-0.15, -0.1) is 0 Å². The molecule has 1 aliphatic rings. The molecule has 1 aliphatic carbocycles. The molecule has 0 N–H and O–H groups in total. The number of hydrogen-bond donors (Lipinski definition) is 0. The fourth-order valence-corrected chi connectivity index (χ4v) is 4.82. The number of Topliss-reactive ketones (excluding diaryl/α,β-unsaturated/α-hetero) is 1. The van der Waals surface area contributed by atoms with E-state index in [0.717, 1.165) is 45.9 Å². The highest BCUT2D eigenvalue weighted by atomic mass is 79.9. The summed E-state index contributed by atoms with van der Waals surface area (Å²) in [7, 11) is 0. The number of rotatable bonds is 5. The van der Waals surface area contributed by atoms with Gasteiger partial charge in [-0.05, 0) is 54.5 Å². The molecule has 5 rings (SSSR count). The van der Waals surface area contributed by atoms with Crippen LogP contribution >= 0.6 is 15.9 Å². The Labute approximate surface area is 200 Å². The Hall–Kier alpha value is -3.31. The van der Waals surface area contributed by atoms with E-state index >= 15 is 0 Å². The van der Waals surface area contributed by atoms with Crippen molar-refractivity contribution in [2.24, 2.45) is 0 Å². The Morgan fingerprint density at radius 1 is 0.939 bits per heavy atom. The van der Waals surface area contributed by atoms with Gasteiger partial charge >= 0.3 is 5.97 Å². The number of esters is 1. The van der Waals surface area contributed by atoms with E-state index in [1.54, 1.807) is 24.3 Å². The highest BCUT2D eigenvalue weighted by Gasteiger charge is 2.28. The number of carbonyl (C=O) groups is 2. The van der Waals surface area contributed by atoms with E-state index in [-0.39, 0.29) is 12.4 Å². The molecule has 1 heterocycles. The van der Waals surface area contributed by atoms with Crippen LogP contribution in [0.15, 0.2) is 83.3 Å². The molecule has 0 saturated heterocycles. The average Bonchev–Trinajstić information content (AvgIpc) is 2.86. The molecular formula is C28H22BrNO3. The lowest BCUT2D eigenvalue weighted by molar-refractivity contribution is 0.0475. The standard InChI is InChI=1S/C28H22BrNO3/c29-21-13-10-19(11-14-21)26(31)17-33-28(32)27-22-8-4-5-9-24(22)30-25-15-12-20(16-23(25)27)18-6-2-1-3-7-18/h1-11,13-14,20H,12,15-17H2. The number of aromatic nitrogens is 1. The summed E-state index contributed by atoms with van der Waals surface area (Å²) < 4.78 is 6.45. The highest BCUT2D eigenvalue weighted by Crippen LogP contribution is 2.36. The Kier molecular flexibility index (Phi) is 6.05. The predicted molar refractivity (Wildman–Crippen MR) is 132 cm³/mol. The summed E-state index contributed by atoms with van der Waals surface area (Å²) in [5.41, 5.74) is 4.99. The van der Waals surface area contributed by atoms with Crippen molar-refractivity contribution in [3.63, 3.8) is 0 Å². The number of hydrogen-bond acceptors (Lipinski definition) is 4. The van der Waals surface area contributed by atoms with Crippen LogP contribution in [-0.2, 0) is 17.6 Å². The lowest BCUT2D eigenvalue weighted by Gasteiger charge is -2.26. The number of ether oxygens (including phenoxy) is 1. The molecule has 4 aromatic rings. The second-order valence-corrected chi connectivity index (χ2v) is 9.20. The number of fused-ring (bicyclic) bond motifs is 2. The molecule has 0 amide bonds. The van der Waals surface area contributed by atoms with Gasteiger partial charge in [0, 0.05) is 21.1 Å². The summed E-state index contributed by atoms with van der Waals surface area (Å²) in [6.07, 6.45) is 2.51. The van der Waals surface area contributed by atoms with Gasteiger partial charge in [-0.1, -0.05) is 76.6 Å². The molecule has 164 valence electrons. The van der Waals surface area contributed by atoms with Gasteiger partial charge in [0.2, 0.25) is 0 Å². The van der Waals surface area contributed by atoms with E-state index in [9.17, 15) is 9.59 Å². The van der Waals surface area contributed by atoms with Crippen molar-refractivity contribution in [1.82, 2.24) is 4.98 Å². The minimum atomic E-state index is -0.468. The maximum atomic E-state index is 13.4. The van der Waals surface area contributed by atoms with Gasteiger partial charge in [-0.25, -0.2) is 4.79 Å². The molecule has 0 radical (unpaired) electrons. The molecule has 5 heteroatoms. The molecule has 0 bridgehead atoms. The summed E-state index contributed by atoms with van der Waals surface area (Å²) in [5.74, 6) is -0.383. The first-order valence-corrected chi connectivity index (χ1v) is 11.8. The van der Waals surface area contributed by atoms with E-state index in [4.69, 9.17) is 9.72 Å². The molecule has 0 aliphatic heterocycles. The molecule has 1 atom stereocenters. The van der Waals surface area contributed by atoms with Crippen LogP contribution in [0.3, 0.4) is 0 Å². The third-order valence-corrected chi connectivity index (χ3v) is 6.76. The molecule has 3 aromatic carbocycles. The van der Waals surface area contributed by atoms with Crippen molar-refractivity contribution in [1.29, 1.82) is 0 Å². The van der Waals surface area contributed by atoms with Crippen molar-refractivity contribution in [2.75, 3.05) is 6.61 Å². The van der Waals surface area contributed by atoms with Gasteiger partial charge in [0.1, 0.15) is 0 Å². The van der Waals surface area contributed by atoms with E-state index in [1.165, 1.54) is 5.56 Å². The third kappa shape index (κ3) is 4.46. The zero-order chi connectivity index (χ0) is 22.8. The van der Waals surface area contributed by atoms with Gasteiger partial charge in [-0.3, -0.25) is 9.78 Å². The fraction of sp³-hybridized carbons (Fsp3) is 0.179. The minimum absolute atomic E-state index is 0.231. The van der Waals surface area contributed by atoms with Gasteiger partial charge in [0.15, 0.2) is 12.4 Å². The van der Waals surface area contributed by atoms with Crippen LogP contribution in [0.2, 0.25) is 0 Å². The Morgan fingerprint density at radius 2 is 1.67 bits per heavy atom. The maximum absolute atomic E-state index is 13.4. The number of benzene rings is 3. The van der Waals surface area contributed by atoms with E-state index < -0.39 is 5.97 Å². The summed E-state index contributed by atoms with van der Waals surface area (Å²) in [6, 6.07) is 25.1. The zero-order valence-electron chi connectivity index (χ0n) is 18.0. The third-order valence-electron chi connectivity index (χ3n) is 6.23. The molecule has 0 saturated carbocycles. The molecule has 1 unspecified atom stereocenters. The van der Waals surface area contributed by atoms with Gasteiger partial charge in [0.25, 0.3) is 0 Å². The second-order valence-electron chi connectivity index (χ2n) is 8.29. The number of nitrogens with zero attached hydrogens (tertiary/aromatic N) is 1. The van der Waals surface area contributed by atoms with E-state index in [2.05, 4.69) is 28.1 Å². The van der Waals surface area contributed by atoms with Crippen LogP contribution in [0.4, 0.5) is 0 Å². The highest BCUT2D eigenvalue weighted by molar-refractivity contribution is 9.10. The SMILES string of the molecule is O=C(COC(=O)c1c2c(nc3ccccc13)CCC(c1ccccc1)C2)c1ccc(Br)cc1. The quantitative estimate of drug-likeness (QED) is 0.238. The Balaban J connectivity index is 1.47. The Bertz CT molecular complexity index is 1330. The van der Waals surface area contributed by atoms with Crippen LogP contribution in [0, 0.1) is 0 Å². The van der Waals surface area contributed by atoms with Crippen LogP contribution in [-0.4, -0.2) is 23.3 Å². The zero-order valence-corrected chi connectivity index (χ0v) is 19.5. The first-order valence-electron chi connectivity index (χ1n) is 11.0. The molecule has 0 fully saturated rings. The van der Waals surface area contributed by atoms with Gasteiger partial charge in [0.05, 0.1) is 11.1 Å². The second kappa shape index (κ2) is 9.28. The summed E-state index contributed by atoms with van der Waals surface area (Å²) in [6.45, 7) is -0.298. The average molecular weight is 500 g/mol. The molecule has 1 aromatic heterocycles. The van der Waals surface area contributed by atoms with Crippen molar-refractivity contribution in [3.05, 3.63) is 111 Å². The monoisotopic (exact) mass is 499 g/mol. The first kappa shape index (κ1) is 21.5. The van der Waals surface area contributed by atoms with Crippen molar-refractivity contribution in [2.45, 2.75) is 25.2 Å². The first-order chi connectivity index (χ1) is 16.1. The van der Waals surface area contributed by atoms with Crippen LogP contribution < -0.4 is 0 Å². The smallest absolute Gasteiger partial charge is 0.339 e. The van der Waals surface area contributed by atoms with Crippen molar-refractivity contribution >= 4 is 38.6 Å². The normalized spacial score (nSPS) is 15.1. The number of halogens is 1. The molecule has 33 heavy (non-hydrogen) atoms. The van der Waals surface area contributed by atoms with Crippen molar-refractivity contribution < 1.29 is 14.3 Å². The van der Waals surface area contributed by atoms with Gasteiger partial charge < -0.3 is 4.74 Å². The topological polar surface area (TPSA) is 56.3 Å². The van der Waals surface area contributed by atoms with E-state index in [0.29, 0.717) is 17.0 Å². The largest absolute Gasteiger partial charge is 0.454 e. The molecular weight excluding hydrogens is 478 g/mol. The van der Waals surface area contributed by atoms with Crippen LogP contribution in [0.1, 0.15) is 49.9 Å². The predicted octanol–water partition coefficient (Wildman–Crippen LogP) is 6.31. The lowest BCUT2D eigenvalue weighted by atomic mass is 9.80. The van der Waals surface area contributed by atoms with Gasteiger partial charge in [-0.2, -0.15) is 0 Å². The summed E-state index contributed by atoms with van der Waals surface area (Å²) in [4.78, 5) is 30.8. The number of para-hydroxylation sites is 1. The molecule has 4 nitrogen and oxygen atoms in total.